The van der Waals surface area contributed by atoms with Gasteiger partial charge < -0.3 is 5.32 Å². The standard InChI is InChI=1S/C29H35N/c1-29(2,3)26-18-19-28(27(20-26)25-12-8-5-9-13-25)30-21-22-14-16-24(17-15-22)23-10-6-4-7-11-23/h4,6-7,10-11,14-20,25,30H,5,8-9,12-13,21H2,1-3H3. The number of anilines is 1. The summed E-state index contributed by atoms with van der Waals surface area (Å²) in [6, 6.07) is 26.7. The van der Waals surface area contributed by atoms with Gasteiger partial charge in [0.15, 0.2) is 0 Å². The second-order valence-corrected chi connectivity index (χ2v) is 9.80. The molecule has 0 heterocycles. The molecule has 1 nitrogen and oxygen atoms in total. The first-order chi connectivity index (χ1) is 14.5. The monoisotopic (exact) mass is 397 g/mol. The third kappa shape index (κ3) is 4.95. The number of hydrogen-bond acceptors (Lipinski definition) is 1. The molecular formula is C29H35N. The van der Waals surface area contributed by atoms with E-state index >= 15 is 0 Å². The van der Waals surface area contributed by atoms with Crippen molar-refractivity contribution in [1.82, 2.24) is 0 Å². The van der Waals surface area contributed by atoms with E-state index in [0.717, 1.165) is 6.54 Å². The molecule has 156 valence electrons. The molecule has 1 heteroatoms. The maximum Gasteiger partial charge on any atom is 0.0400 e. The van der Waals surface area contributed by atoms with Crippen molar-refractivity contribution in [3.05, 3.63) is 89.5 Å². The van der Waals surface area contributed by atoms with Gasteiger partial charge >= 0.3 is 0 Å². The van der Waals surface area contributed by atoms with Gasteiger partial charge in [0.1, 0.15) is 0 Å². The molecule has 1 saturated carbocycles. The molecule has 3 aromatic rings. The highest BCUT2D eigenvalue weighted by atomic mass is 14.9. The lowest BCUT2D eigenvalue weighted by Crippen LogP contribution is -2.15. The van der Waals surface area contributed by atoms with Crippen LogP contribution in [-0.4, -0.2) is 0 Å². The van der Waals surface area contributed by atoms with Crippen molar-refractivity contribution in [2.45, 2.75) is 70.8 Å². The molecule has 0 amide bonds. The average Bonchev–Trinajstić information content (AvgIpc) is 2.78. The number of nitrogens with one attached hydrogen (secondary N) is 1. The summed E-state index contributed by atoms with van der Waals surface area (Å²) in [6.45, 7) is 7.81. The van der Waals surface area contributed by atoms with E-state index in [-0.39, 0.29) is 5.41 Å². The van der Waals surface area contributed by atoms with Gasteiger partial charge in [-0.25, -0.2) is 0 Å². The van der Waals surface area contributed by atoms with Gasteiger partial charge in [0, 0.05) is 12.2 Å². The van der Waals surface area contributed by atoms with Crippen molar-refractivity contribution >= 4 is 5.69 Å². The van der Waals surface area contributed by atoms with E-state index in [4.69, 9.17) is 0 Å². The van der Waals surface area contributed by atoms with E-state index in [1.807, 2.05) is 0 Å². The summed E-state index contributed by atoms with van der Waals surface area (Å²) in [4.78, 5) is 0. The fraction of sp³-hybridized carbons (Fsp3) is 0.379. The van der Waals surface area contributed by atoms with Crippen LogP contribution in [0.3, 0.4) is 0 Å². The van der Waals surface area contributed by atoms with E-state index in [2.05, 4.69) is 98.9 Å². The van der Waals surface area contributed by atoms with Crippen LogP contribution in [0.4, 0.5) is 5.69 Å². The molecule has 0 atom stereocenters. The van der Waals surface area contributed by atoms with Gasteiger partial charge in [-0.1, -0.05) is 107 Å². The molecule has 4 rings (SSSR count). The van der Waals surface area contributed by atoms with E-state index in [1.165, 1.54) is 65.6 Å². The van der Waals surface area contributed by atoms with Crippen molar-refractivity contribution < 1.29 is 0 Å². The SMILES string of the molecule is CC(C)(C)c1ccc(NCc2ccc(-c3ccccc3)cc2)c(C2CCCCC2)c1. The van der Waals surface area contributed by atoms with Crippen LogP contribution in [0.1, 0.15) is 75.5 Å². The third-order valence-electron chi connectivity index (χ3n) is 6.51. The van der Waals surface area contributed by atoms with Crippen LogP contribution in [0, 0.1) is 0 Å². The zero-order valence-electron chi connectivity index (χ0n) is 18.7. The molecule has 0 aliphatic heterocycles. The Morgan fingerprint density at radius 3 is 2.10 bits per heavy atom. The quantitative estimate of drug-likeness (QED) is 0.456. The average molecular weight is 398 g/mol. The summed E-state index contributed by atoms with van der Waals surface area (Å²) in [7, 11) is 0. The second kappa shape index (κ2) is 9.08. The maximum absolute atomic E-state index is 3.76. The summed E-state index contributed by atoms with van der Waals surface area (Å²) < 4.78 is 0. The molecule has 3 aromatic carbocycles. The van der Waals surface area contributed by atoms with Gasteiger partial charge in [-0.2, -0.15) is 0 Å². The van der Waals surface area contributed by atoms with Crippen LogP contribution in [0.2, 0.25) is 0 Å². The van der Waals surface area contributed by atoms with Crippen LogP contribution in [0.25, 0.3) is 11.1 Å². The van der Waals surface area contributed by atoms with Crippen molar-refractivity contribution in [3.8, 4) is 11.1 Å². The summed E-state index contributed by atoms with van der Waals surface area (Å²) in [5.41, 5.74) is 8.36. The zero-order valence-corrected chi connectivity index (χ0v) is 18.7. The Morgan fingerprint density at radius 1 is 0.767 bits per heavy atom. The highest BCUT2D eigenvalue weighted by Gasteiger charge is 2.22. The van der Waals surface area contributed by atoms with Crippen molar-refractivity contribution in [1.29, 1.82) is 0 Å². The molecule has 1 aliphatic carbocycles. The highest BCUT2D eigenvalue weighted by molar-refractivity contribution is 5.63. The molecule has 1 fully saturated rings. The van der Waals surface area contributed by atoms with Crippen molar-refractivity contribution in [3.63, 3.8) is 0 Å². The van der Waals surface area contributed by atoms with Gasteiger partial charge in [0.05, 0.1) is 0 Å². The third-order valence-corrected chi connectivity index (χ3v) is 6.51. The molecule has 1 N–H and O–H groups in total. The van der Waals surface area contributed by atoms with Gasteiger partial charge in [-0.3, -0.25) is 0 Å². The Balaban J connectivity index is 1.52. The Labute approximate surface area is 182 Å². The van der Waals surface area contributed by atoms with Crippen molar-refractivity contribution in [2.24, 2.45) is 0 Å². The largest absolute Gasteiger partial charge is 0.381 e. The first-order valence-corrected chi connectivity index (χ1v) is 11.5. The molecule has 0 bridgehead atoms. The molecule has 0 unspecified atom stereocenters. The minimum atomic E-state index is 0.190. The maximum atomic E-state index is 3.76. The minimum Gasteiger partial charge on any atom is -0.381 e. The predicted octanol–water partition coefficient (Wildman–Crippen LogP) is 8.31. The minimum absolute atomic E-state index is 0.190. The molecule has 1 aliphatic rings. The second-order valence-electron chi connectivity index (χ2n) is 9.80. The van der Waals surface area contributed by atoms with Gasteiger partial charge in [0.25, 0.3) is 0 Å². The van der Waals surface area contributed by atoms with Crippen LogP contribution < -0.4 is 5.32 Å². The Hall–Kier alpha value is -2.54. The van der Waals surface area contributed by atoms with Crippen LogP contribution in [0.15, 0.2) is 72.8 Å². The van der Waals surface area contributed by atoms with Crippen LogP contribution >= 0.6 is 0 Å². The molecule has 0 spiro atoms. The smallest absolute Gasteiger partial charge is 0.0400 e. The highest BCUT2D eigenvalue weighted by Crippen LogP contribution is 2.39. The normalized spacial score (nSPS) is 15.2. The molecule has 30 heavy (non-hydrogen) atoms. The first kappa shape index (κ1) is 20.7. The Morgan fingerprint density at radius 2 is 1.43 bits per heavy atom. The van der Waals surface area contributed by atoms with Gasteiger partial charge in [0.2, 0.25) is 0 Å². The molecular weight excluding hydrogens is 362 g/mol. The van der Waals surface area contributed by atoms with E-state index in [9.17, 15) is 0 Å². The molecule has 0 aromatic heterocycles. The van der Waals surface area contributed by atoms with Gasteiger partial charge in [-0.15, -0.1) is 0 Å². The number of hydrogen-bond donors (Lipinski definition) is 1. The fourth-order valence-electron chi connectivity index (χ4n) is 4.58. The summed E-state index contributed by atoms with van der Waals surface area (Å²) in [5, 5.41) is 3.76. The summed E-state index contributed by atoms with van der Waals surface area (Å²) >= 11 is 0. The molecule has 0 radical (unpaired) electrons. The van der Waals surface area contributed by atoms with Crippen LogP contribution in [0.5, 0.6) is 0 Å². The first-order valence-electron chi connectivity index (χ1n) is 11.5. The van der Waals surface area contributed by atoms with Gasteiger partial charge in [-0.05, 0) is 58.1 Å². The van der Waals surface area contributed by atoms with Crippen molar-refractivity contribution in [2.75, 3.05) is 5.32 Å². The number of benzene rings is 3. The topological polar surface area (TPSA) is 12.0 Å². The fourth-order valence-corrected chi connectivity index (χ4v) is 4.58. The van der Waals surface area contributed by atoms with Crippen LogP contribution in [-0.2, 0) is 12.0 Å². The van der Waals surface area contributed by atoms with E-state index in [0.29, 0.717) is 5.92 Å². The summed E-state index contributed by atoms with van der Waals surface area (Å²) in [5.74, 6) is 0.698. The lowest BCUT2D eigenvalue weighted by molar-refractivity contribution is 0.443. The lowest BCUT2D eigenvalue weighted by atomic mass is 9.79. The van der Waals surface area contributed by atoms with E-state index in [1.54, 1.807) is 0 Å². The molecule has 0 saturated heterocycles. The Bertz CT molecular complexity index is 942. The number of rotatable bonds is 5. The Kier molecular flexibility index (Phi) is 6.27. The predicted molar refractivity (Wildman–Crippen MR) is 130 cm³/mol. The zero-order chi connectivity index (χ0) is 21.0. The lowest BCUT2D eigenvalue weighted by Gasteiger charge is -2.28. The van der Waals surface area contributed by atoms with E-state index < -0.39 is 0 Å². The summed E-state index contributed by atoms with van der Waals surface area (Å²) in [6.07, 6.45) is 6.78.